The molecule has 3 aromatic rings. The van der Waals surface area contributed by atoms with Crippen LogP contribution >= 0.6 is 0 Å². The van der Waals surface area contributed by atoms with Crippen LogP contribution in [0.3, 0.4) is 0 Å². The van der Waals surface area contributed by atoms with Crippen molar-refractivity contribution in [1.82, 2.24) is 14.5 Å². The Balaban J connectivity index is 1.79. The number of nitrogens with zero attached hydrogens (tertiary/aromatic N) is 2. The molecule has 0 bridgehead atoms. The molecule has 0 fully saturated rings. The summed E-state index contributed by atoms with van der Waals surface area (Å²) in [4.78, 5) is 43.7. The maximum atomic E-state index is 13.0. The number of aryl methyl sites for hydroxylation is 3. The quantitative estimate of drug-likeness (QED) is 0.628. The molecule has 0 radical (unpaired) electrons. The number of amides is 1. The molecular weight excluding hydrogens is 360 g/mol. The molecule has 8 nitrogen and oxygen atoms in total. The van der Waals surface area contributed by atoms with Gasteiger partial charge in [-0.1, -0.05) is 17.7 Å². The first-order valence-electron chi connectivity index (χ1n) is 9.18. The molecule has 0 saturated heterocycles. The van der Waals surface area contributed by atoms with E-state index in [4.69, 9.17) is 5.11 Å². The summed E-state index contributed by atoms with van der Waals surface area (Å²) in [6.45, 7) is 2.61. The van der Waals surface area contributed by atoms with Crippen LogP contribution in [0, 0.1) is 6.92 Å². The Kier molecular flexibility index (Phi) is 4.46. The average molecular weight is 380 g/mol. The molecule has 0 aliphatic carbocycles. The number of anilines is 1. The number of aliphatic carboxylic acids is 1. The number of carboxylic acid groups (broad SMARTS) is 1. The molecule has 0 atom stereocenters. The van der Waals surface area contributed by atoms with E-state index in [1.807, 2.05) is 35.8 Å². The summed E-state index contributed by atoms with van der Waals surface area (Å²) < 4.78 is 1.86. The Labute approximate surface area is 160 Å². The molecule has 1 aliphatic rings. The molecule has 0 unspecified atom stereocenters. The summed E-state index contributed by atoms with van der Waals surface area (Å²) in [5.74, 6) is -1.03. The van der Waals surface area contributed by atoms with Crippen molar-refractivity contribution in [2.45, 2.75) is 39.2 Å². The Morgan fingerprint density at radius 1 is 1.29 bits per heavy atom. The van der Waals surface area contributed by atoms with Crippen molar-refractivity contribution in [2.75, 3.05) is 5.32 Å². The van der Waals surface area contributed by atoms with Gasteiger partial charge in [0.25, 0.3) is 11.5 Å². The highest BCUT2D eigenvalue weighted by Gasteiger charge is 2.28. The van der Waals surface area contributed by atoms with E-state index < -0.39 is 5.97 Å². The van der Waals surface area contributed by atoms with E-state index in [1.165, 1.54) is 0 Å². The highest BCUT2D eigenvalue weighted by molar-refractivity contribution is 6.12. The van der Waals surface area contributed by atoms with Gasteiger partial charge in [0.2, 0.25) is 0 Å². The van der Waals surface area contributed by atoms with Gasteiger partial charge in [0, 0.05) is 24.3 Å². The molecule has 1 aliphatic heterocycles. The second-order valence-corrected chi connectivity index (χ2v) is 7.00. The van der Waals surface area contributed by atoms with Crippen molar-refractivity contribution in [3.63, 3.8) is 0 Å². The van der Waals surface area contributed by atoms with Crippen molar-refractivity contribution in [2.24, 2.45) is 0 Å². The summed E-state index contributed by atoms with van der Waals surface area (Å²) in [7, 11) is 0. The summed E-state index contributed by atoms with van der Waals surface area (Å²) in [6.07, 6.45) is 1.51. The van der Waals surface area contributed by atoms with Gasteiger partial charge in [0.15, 0.2) is 0 Å². The second kappa shape index (κ2) is 6.95. The maximum Gasteiger partial charge on any atom is 0.303 e. The summed E-state index contributed by atoms with van der Waals surface area (Å²) in [5.41, 5.74) is 2.92. The third-order valence-electron chi connectivity index (χ3n) is 4.97. The van der Waals surface area contributed by atoms with Gasteiger partial charge in [-0.2, -0.15) is 0 Å². The third-order valence-corrected chi connectivity index (χ3v) is 4.97. The number of aromatic amines is 1. The first-order chi connectivity index (χ1) is 13.4. The highest BCUT2D eigenvalue weighted by Crippen LogP contribution is 2.29. The predicted octanol–water partition coefficient (Wildman–Crippen LogP) is 2.25. The lowest BCUT2D eigenvalue weighted by Crippen LogP contribution is -2.18. The molecule has 144 valence electrons. The van der Waals surface area contributed by atoms with Crippen molar-refractivity contribution >= 4 is 28.5 Å². The van der Waals surface area contributed by atoms with Crippen LogP contribution in [-0.2, 0) is 24.2 Å². The van der Waals surface area contributed by atoms with Crippen LogP contribution in [-0.4, -0.2) is 31.5 Å². The Hall–Kier alpha value is -3.42. The normalized spacial score (nSPS) is 12.9. The number of fused-ring (bicyclic) bond motifs is 3. The van der Waals surface area contributed by atoms with Gasteiger partial charge in [0.05, 0.1) is 11.8 Å². The van der Waals surface area contributed by atoms with Gasteiger partial charge in [-0.25, -0.2) is 4.98 Å². The van der Waals surface area contributed by atoms with Crippen molar-refractivity contribution in [3.8, 4) is 0 Å². The van der Waals surface area contributed by atoms with E-state index in [9.17, 15) is 14.4 Å². The van der Waals surface area contributed by atoms with Crippen molar-refractivity contribution in [1.29, 1.82) is 0 Å². The molecule has 4 rings (SSSR count). The number of hydrogen-bond donors (Lipinski definition) is 3. The van der Waals surface area contributed by atoms with E-state index in [0.29, 0.717) is 35.2 Å². The fourth-order valence-electron chi connectivity index (χ4n) is 3.67. The van der Waals surface area contributed by atoms with Crippen LogP contribution in [0.25, 0.3) is 10.9 Å². The lowest BCUT2D eigenvalue weighted by molar-refractivity contribution is -0.137. The Bertz CT molecular complexity index is 1140. The number of aromatic nitrogens is 3. The number of benzene rings is 1. The fraction of sp³-hybridized carbons (Fsp3) is 0.300. The van der Waals surface area contributed by atoms with Crippen LogP contribution in [0.15, 0.2) is 29.1 Å². The molecule has 0 spiro atoms. The van der Waals surface area contributed by atoms with E-state index in [0.717, 1.165) is 17.7 Å². The minimum absolute atomic E-state index is 0.0973. The number of H-pyrrole nitrogens is 1. The van der Waals surface area contributed by atoms with Gasteiger partial charge < -0.3 is 20.0 Å². The van der Waals surface area contributed by atoms with E-state index in [2.05, 4.69) is 15.3 Å². The number of carboxylic acids is 1. The van der Waals surface area contributed by atoms with Crippen LogP contribution in [0.2, 0.25) is 0 Å². The minimum Gasteiger partial charge on any atom is -0.481 e. The zero-order chi connectivity index (χ0) is 19.8. The lowest BCUT2D eigenvalue weighted by atomic mass is 10.2. The molecule has 0 saturated carbocycles. The van der Waals surface area contributed by atoms with E-state index >= 15 is 0 Å². The predicted molar refractivity (Wildman–Crippen MR) is 104 cm³/mol. The van der Waals surface area contributed by atoms with Crippen LogP contribution in [0.1, 0.15) is 40.4 Å². The number of rotatable bonds is 5. The Morgan fingerprint density at radius 2 is 2.04 bits per heavy atom. The molecule has 1 aromatic carbocycles. The summed E-state index contributed by atoms with van der Waals surface area (Å²) in [5, 5.41) is 12.2. The molecule has 28 heavy (non-hydrogen) atoms. The van der Waals surface area contributed by atoms with Gasteiger partial charge >= 0.3 is 5.97 Å². The zero-order valence-corrected chi connectivity index (χ0v) is 15.4. The monoisotopic (exact) mass is 380 g/mol. The van der Waals surface area contributed by atoms with Gasteiger partial charge in [0.1, 0.15) is 17.0 Å². The summed E-state index contributed by atoms with van der Waals surface area (Å²) >= 11 is 0. The number of carbonyl (C=O) groups excluding carboxylic acids is 1. The van der Waals surface area contributed by atoms with Crippen LogP contribution in [0.5, 0.6) is 0 Å². The van der Waals surface area contributed by atoms with Crippen molar-refractivity contribution in [3.05, 3.63) is 57.4 Å². The van der Waals surface area contributed by atoms with Gasteiger partial charge in [-0.15, -0.1) is 0 Å². The third kappa shape index (κ3) is 3.17. The molecular formula is C20H20N4O4. The largest absolute Gasteiger partial charge is 0.481 e. The van der Waals surface area contributed by atoms with Crippen LogP contribution < -0.4 is 10.9 Å². The first kappa shape index (κ1) is 18.0. The molecule has 2 aromatic heterocycles. The zero-order valence-electron chi connectivity index (χ0n) is 15.4. The fourth-order valence-corrected chi connectivity index (χ4v) is 3.67. The lowest BCUT2D eigenvalue weighted by Gasteiger charge is -2.08. The average Bonchev–Trinajstić information content (AvgIpc) is 3.21. The molecule has 8 heteroatoms. The van der Waals surface area contributed by atoms with E-state index in [-0.39, 0.29) is 30.1 Å². The Morgan fingerprint density at radius 3 is 2.75 bits per heavy atom. The van der Waals surface area contributed by atoms with Crippen LogP contribution in [0.4, 0.5) is 5.69 Å². The topological polar surface area (TPSA) is 117 Å². The standard InChI is InChI=1S/C20H20N4O4/c1-11-4-6-12(7-5-11)21-20(28)18-17-16(13-3-2-10-24(13)18)19(27)23-14(22-17)8-9-15(25)26/h4-7H,2-3,8-10H2,1H3,(H,21,28)(H,25,26)(H,22,23,27). The van der Waals surface area contributed by atoms with Gasteiger partial charge in [-0.3, -0.25) is 14.4 Å². The maximum absolute atomic E-state index is 13.0. The number of nitrogens with one attached hydrogen (secondary N) is 2. The minimum atomic E-state index is -0.973. The molecule has 1 amide bonds. The van der Waals surface area contributed by atoms with E-state index in [1.54, 1.807) is 0 Å². The second-order valence-electron chi connectivity index (χ2n) is 7.00. The molecule has 3 N–H and O–H groups in total. The summed E-state index contributed by atoms with van der Waals surface area (Å²) in [6, 6.07) is 7.45. The number of carbonyl (C=O) groups is 2. The highest BCUT2D eigenvalue weighted by atomic mass is 16.4. The SMILES string of the molecule is Cc1ccc(NC(=O)c2c3nc(CCC(=O)O)[nH]c(=O)c3c3n2CCC3)cc1. The first-order valence-corrected chi connectivity index (χ1v) is 9.18. The number of hydrogen-bond acceptors (Lipinski definition) is 4. The van der Waals surface area contributed by atoms with Crippen molar-refractivity contribution < 1.29 is 14.7 Å². The molecule has 3 heterocycles. The smallest absolute Gasteiger partial charge is 0.303 e. The van der Waals surface area contributed by atoms with Gasteiger partial charge in [-0.05, 0) is 31.9 Å².